The number of hydrogen-bond acceptors (Lipinski definition) is 5. The van der Waals surface area contributed by atoms with Gasteiger partial charge in [-0.2, -0.15) is 4.52 Å². The third-order valence-electron chi connectivity index (χ3n) is 1.63. The Bertz CT molecular complexity index is 485. The van der Waals surface area contributed by atoms with Crippen molar-refractivity contribution in [2.45, 2.75) is 0 Å². The van der Waals surface area contributed by atoms with Crippen LogP contribution in [0.15, 0.2) is 12.7 Å². The van der Waals surface area contributed by atoms with Crippen molar-refractivity contribution in [3.8, 4) is 0 Å². The van der Waals surface area contributed by atoms with Crippen LogP contribution in [0.2, 0.25) is 0 Å². The quantitative estimate of drug-likeness (QED) is 0.475. The van der Waals surface area contributed by atoms with Gasteiger partial charge in [0.15, 0.2) is 5.65 Å². The first kappa shape index (κ1) is 5.58. The number of imidazole rings is 1. The van der Waals surface area contributed by atoms with E-state index in [1.54, 1.807) is 6.33 Å². The maximum absolute atomic E-state index is 4.02. The van der Waals surface area contributed by atoms with E-state index in [4.69, 9.17) is 0 Å². The maximum atomic E-state index is 4.02. The van der Waals surface area contributed by atoms with Crippen LogP contribution in [-0.2, 0) is 0 Å². The highest BCUT2D eigenvalue weighted by molar-refractivity contribution is 5.83. The van der Waals surface area contributed by atoms with Gasteiger partial charge in [-0.25, -0.2) is 9.97 Å². The van der Waals surface area contributed by atoms with E-state index in [0.29, 0.717) is 11.3 Å². The van der Waals surface area contributed by atoms with Crippen molar-refractivity contribution in [2.75, 3.05) is 0 Å². The maximum Gasteiger partial charge on any atom is 0.208 e. The third-order valence-corrected chi connectivity index (χ3v) is 1.63. The molecule has 0 saturated carbocycles. The summed E-state index contributed by atoms with van der Waals surface area (Å²) in [5, 5.41) is 11.0. The number of tetrazole rings is 1. The molecule has 3 rings (SSSR count). The van der Waals surface area contributed by atoms with Gasteiger partial charge in [0.25, 0.3) is 0 Å². The van der Waals surface area contributed by atoms with Crippen molar-refractivity contribution < 1.29 is 0 Å². The van der Waals surface area contributed by atoms with Crippen LogP contribution < -0.4 is 0 Å². The molecule has 12 heavy (non-hydrogen) atoms. The van der Waals surface area contributed by atoms with Gasteiger partial charge in [-0.15, -0.1) is 5.10 Å². The minimum atomic E-state index is 0.622. The first-order chi connectivity index (χ1) is 5.95. The first-order valence-electron chi connectivity index (χ1n) is 3.31. The van der Waals surface area contributed by atoms with Crippen molar-refractivity contribution in [3.05, 3.63) is 12.7 Å². The minimum Gasteiger partial charge on any atom is -0.340 e. The molecule has 0 amide bonds. The fourth-order valence-corrected chi connectivity index (χ4v) is 1.09. The first-order valence-corrected chi connectivity index (χ1v) is 3.31. The van der Waals surface area contributed by atoms with Crippen LogP contribution in [0.1, 0.15) is 0 Å². The summed E-state index contributed by atoms with van der Waals surface area (Å²) in [6.07, 6.45) is 3.09. The zero-order valence-corrected chi connectivity index (χ0v) is 5.84. The summed E-state index contributed by atoms with van der Waals surface area (Å²) in [7, 11) is 0. The number of H-pyrrole nitrogens is 1. The molecule has 7 heteroatoms. The second kappa shape index (κ2) is 1.76. The fraction of sp³-hybridized carbons (Fsp3) is 0. The monoisotopic (exact) mass is 161 g/mol. The van der Waals surface area contributed by atoms with Gasteiger partial charge in [0, 0.05) is 0 Å². The molecule has 1 N–H and O–H groups in total. The number of hydrogen-bond donors (Lipinski definition) is 1. The average molecular weight is 161 g/mol. The standard InChI is InChI=1S/C5H3N7/c1-6-3-4(7-1)8-2-12-5(3)9-10-11-12/h1-2H,(H,6,7). The van der Waals surface area contributed by atoms with Gasteiger partial charge < -0.3 is 4.98 Å². The molecule has 0 fully saturated rings. The van der Waals surface area contributed by atoms with E-state index >= 15 is 0 Å². The number of aromatic amines is 1. The Morgan fingerprint density at radius 1 is 1.33 bits per heavy atom. The summed E-state index contributed by atoms with van der Waals surface area (Å²) < 4.78 is 1.49. The highest BCUT2D eigenvalue weighted by Crippen LogP contribution is 2.08. The highest BCUT2D eigenvalue weighted by atomic mass is 15.5. The Morgan fingerprint density at radius 2 is 2.33 bits per heavy atom. The van der Waals surface area contributed by atoms with Crippen molar-refractivity contribution in [1.29, 1.82) is 0 Å². The summed E-state index contributed by atoms with van der Waals surface area (Å²) >= 11 is 0. The molecular formula is C5H3N7. The van der Waals surface area contributed by atoms with Gasteiger partial charge in [-0.3, -0.25) is 0 Å². The average Bonchev–Trinajstić information content (AvgIpc) is 2.71. The van der Waals surface area contributed by atoms with E-state index in [9.17, 15) is 0 Å². The zero-order chi connectivity index (χ0) is 7.97. The number of nitrogens with one attached hydrogen (secondary N) is 1. The summed E-state index contributed by atoms with van der Waals surface area (Å²) in [4.78, 5) is 10.9. The highest BCUT2D eigenvalue weighted by Gasteiger charge is 2.05. The molecule has 0 saturated heterocycles. The summed E-state index contributed by atoms with van der Waals surface area (Å²) in [6, 6.07) is 0. The number of nitrogens with zero attached hydrogens (tertiary/aromatic N) is 6. The largest absolute Gasteiger partial charge is 0.340 e. The van der Waals surface area contributed by atoms with Gasteiger partial charge in [0.1, 0.15) is 11.8 Å². The van der Waals surface area contributed by atoms with Crippen molar-refractivity contribution in [1.82, 2.24) is 35.0 Å². The minimum absolute atomic E-state index is 0.622. The van der Waals surface area contributed by atoms with Crippen molar-refractivity contribution in [3.63, 3.8) is 0 Å². The zero-order valence-electron chi connectivity index (χ0n) is 5.84. The molecular weight excluding hydrogens is 158 g/mol. The molecule has 7 nitrogen and oxygen atoms in total. The van der Waals surface area contributed by atoms with Gasteiger partial charge >= 0.3 is 0 Å². The van der Waals surface area contributed by atoms with E-state index in [0.717, 1.165) is 5.52 Å². The number of aromatic nitrogens is 7. The summed E-state index contributed by atoms with van der Waals surface area (Å²) in [5.74, 6) is 0. The predicted molar refractivity (Wildman–Crippen MR) is 38.2 cm³/mol. The van der Waals surface area contributed by atoms with E-state index in [1.165, 1.54) is 10.8 Å². The normalized spacial score (nSPS) is 11.3. The molecule has 0 bridgehead atoms. The van der Waals surface area contributed by atoms with Crippen molar-refractivity contribution in [2.24, 2.45) is 0 Å². The molecule has 0 spiro atoms. The Hall–Kier alpha value is -2.05. The van der Waals surface area contributed by atoms with Crippen LogP contribution >= 0.6 is 0 Å². The lowest BCUT2D eigenvalue weighted by Gasteiger charge is -1.87. The Balaban J connectivity index is 2.71. The Morgan fingerprint density at radius 3 is 3.33 bits per heavy atom. The molecule has 3 heterocycles. The van der Waals surface area contributed by atoms with Crippen LogP contribution in [0, 0.1) is 0 Å². The molecule has 3 aromatic heterocycles. The lowest BCUT2D eigenvalue weighted by Crippen LogP contribution is -1.90. The second-order valence-electron chi connectivity index (χ2n) is 2.29. The lowest BCUT2D eigenvalue weighted by molar-refractivity contribution is 0.812. The SMILES string of the molecule is c1nc2ncn3nnnc3c2[nH]1. The topological polar surface area (TPSA) is 84.7 Å². The number of fused-ring (bicyclic) bond motifs is 3. The van der Waals surface area contributed by atoms with Crippen LogP contribution in [0.5, 0.6) is 0 Å². The van der Waals surface area contributed by atoms with Crippen LogP contribution in [0.3, 0.4) is 0 Å². The van der Waals surface area contributed by atoms with Crippen molar-refractivity contribution >= 4 is 16.8 Å². The Labute approximate surface area is 65.4 Å². The molecule has 0 atom stereocenters. The molecule has 0 unspecified atom stereocenters. The molecule has 0 aromatic carbocycles. The summed E-state index contributed by atoms with van der Waals surface area (Å²) in [6.45, 7) is 0. The number of rotatable bonds is 0. The fourth-order valence-electron chi connectivity index (χ4n) is 1.09. The smallest absolute Gasteiger partial charge is 0.208 e. The van der Waals surface area contributed by atoms with E-state index in [2.05, 4.69) is 30.5 Å². The molecule has 58 valence electrons. The van der Waals surface area contributed by atoms with Gasteiger partial charge in [-0.05, 0) is 10.4 Å². The van der Waals surface area contributed by atoms with Gasteiger partial charge in [-0.1, -0.05) is 0 Å². The van der Waals surface area contributed by atoms with E-state index < -0.39 is 0 Å². The third kappa shape index (κ3) is 0.529. The van der Waals surface area contributed by atoms with Crippen LogP contribution in [-0.4, -0.2) is 35.0 Å². The summed E-state index contributed by atoms with van der Waals surface area (Å²) in [5.41, 5.74) is 2.01. The molecule has 0 radical (unpaired) electrons. The van der Waals surface area contributed by atoms with Gasteiger partial charge in [0.05, 0.1) is 6.33 Å². The molecule has 0 aliphatic carbocycles. The van der Waals surface area contributed by atoms with E-state index in [-0.39, 0.29) is 0 Å². The lowest BCUT2D eigenvalue weighted by atomic mass is 10.5. The van der Waals surface area contributed by atoms with Crippen LogP contribution in [0.4, 0.5) is 0 Å². The predicted octanol–water partition coefficient (Wildman–Crippen LogP) is -0.604. The molecule has 3 aromatic rings. The Kier molecular flexibility index (Phi) is 0.817. The molecule has 0 aliphatic rings. The van der Waals surface area contributed by atoms with Gasteiger partial charge in [0.2, 0.25) is 5.65 Å². The molecule has 0 aliphatic heterocycles. The second-order valence-corrected chi connectivity index (χ2v) is 2.29. The van der Waals surface area contributed by atoms with Crippen LogP contribution in [0.25, 0.3) is 16.8 Å². The van der Waals surface area contributed by atoms with E-state index in [1.807, 2.05) is 0 Å².